The number of sulfonamides is 1. The normalized spacial score (nSPS) is 11.7. The van der Waals surface area contributed by atoms with Crippen molar-refractivity contribution >= 4 is 50.5 Å². The van der Waals surface area contributed by atoms with Crippen molar-refractivity contribution in [2.75, 3.05) is 36.6 Å². The number of carbonyl (C=O) groups is 1. The van der Waals surface area contributed by atoms with E-state index in [9.17, 15) is 26.4 Å². The molecule has 2 rings (SSSR count). The van der Waals surface area contributed by atoms with Crippen molar-refractivity contribution in [2.45, 2.75) is 6.18 Å². The van der Waals surface area contributed by atoms with Gasteiger partial charge in [-0.25, -0.2) is 8.42 Å². The Morgan fingerprint density at radius 1 is 1.06 bits per heavy atom. The molecule has 0 aromatic heterocycles. The van der Waals surface area contributed by atoms with E-state index in [1.807, 2.05) is 0 Å². The molecule has 0 aliphatic rings. The summed E-state index contributed by atoms with van der Waals surface area (Å²) in [7, 11) is -1.46. The van der Waals surface area contributed by atoms with Gasteiger partial charge in [0.05, 0.1) is 47.5 Å². The predicted molar refractivity (Wildman–Crippen MR) is 112 cm³/mol. The minimum absolute atomic E-state index is 0.120. The highest BCUT2D eigenvalue weighted by molar-refractivity contribution is 7.92. The Morgan fingerprint density at radius 3 is 2.19 bits per heavy atom. The summed E-state index contributed by atoms with van der Waals surface area (Å²) >= 11 is 11.6. The van der Waals surface area contributed by atoms with Crippen molar-refractivity contribution in [2.24, 2.45) is 0 Å². The Balaban J connectivity index is 2.39. The highest BCUT2D eigenvalue weighted by atomic mass is 35.5. The van der Waals surface area contributed by atoms with E-state index < -0.39 is 39.2 Å². The number of alkyl halides is 3. The lowest BCUT2D eigenvalue weighted by Gasteiger charge is -2.23. The lowest BCUT2D eigenvalue weighted by Crippen LogP contribution is -2.37. The first kappa shape index (κ1) is 24.9. The molecule has 0 fully saturated rings. The van der Waals surface area contributed by atoms with E-state index in [1.54, 1.807) is 0 Å². The van der Waals surface area contributed by atoms with Crippen LogP contribution in [0.4, 0.5) is 24.5 Å². The fraction of sp³-hybridized carbons (Fsp3) is 0.278. The smallest absolute Gasteiger partial charge is 0.417 e. The summed E-state index contributed by atoms with van der Waals surface area (Å²) in [6, 6.07) is 5.26. The monoisotopic (exact) mass is 500 g/mol. The highest BCUT2D eigenvalue weighted by Crippen LogP contribution is 2.38. The molecule has 0 aliphatic carbocycles. The Hall–Kier alpha value is -2.37. The van der Waals surface area contributed by atoms with Crippen LogP contribution in [0.15, 0.2) is 30.3 Å². The van der Waals surface area contributed by atoms with Crippen LogP contribution < -0.4 is 19.1 Å². The van der Waals surface area contributed by atoms with Gasteiger partial charge in [-0.3, -0.25) is 9.10 Å². The molecular formula is C18H17Cl2F3N2O5S. The molecule has 13 heteroatoms. The molecule has 0 bridgehead atoms. The maximum absolute atomic E-state index is 13.2. The Bertz CT molecular complexity index is 1090. The molecule has 0 radical (unpaired) electrons. The van der Waals surface area contributed by atoms with Gasteiger partial charge in [0.25, 0.3) is 0 Å². The van der Waals surface area contributed by atoms with E-state index in [4.69, 9.17) is 32.7 Å². The number of hydrogen-bond donors (Lipinski definition) is 1. The van der Waals surface area contributed by atoms with Gasteiger partial charge in [-0.15, -0.1) is 0 Å². The Labute approximate surface area is 186 Å². The van der Waals surface area contributed by atoms with Gasteiger partial charge in [0, 0.05) is 12.1 Å². The number of nitrogens with one attached hydrogen (secondary N) is 1. The van der Waals surface area contributed by atoms with Gasteiger partial charge in [-0.1, -0.05) is 23.2 Å². The zero-order chi connectivity index (χ0) is 23.6. The number of anilines is 2. The summed E-state index contributed by atoms with van der Waals surface area (Å²) in [5, 5.41) is 2.04. The SMILES string of the molecule is COc1cc(NC(=O)CN(c2ccc(Cl)c(C(F)(F)F)c2)S(C)(=O)=O)c(OC)cc1Cl. The molecule has 0 aliphatic heterocycles. The fourth-order valence-corrected chi connectivity index (χ4v) is 3.87. The molecule has 2 aromatic rings. The number of ether oxygens (including phenoxy) is 2. The molecule has 0 heterocycles. The summed E-state index contributed by atoms with van der Waals surface area (Å²) < 4.78 is 74.6. The molecule has 0 saturated carbocycles. The van der Waals surface area contributed by atoms with Crippen LogP contribution in [-0.4, -0.2) is 41.3 Å². The number of benzene rings is 2. The summed E-state index contributed by atoms with van der Waals surface area (Å²) in [6.07, 6.45) is -4.06. The molecule has 2 aromatic carbocycles. The van der Waals surface area contributed by atoms with Crippen molar-refractivity contribution in [1.29, 1.82) is 0 Å². The molecule has 0 spiro atoms. The summed E-state index contributed by atoms with van der Waals surface area (Å²) in [5.41, 5.74) is -1.49. The Morgan fingerprint density at radius 2 is 1.68 bits per heavy atom. The third-order valence-electron chi connectivity index (χ3n) is 3.98. The van der Waals surface area contributed by atoms with Crippen molar-refractivity contribution in [1.82, 2.24) is 0 Å². The second kappa shape index (κ2) is 9.41. The van der Waals surface area contributed by atoms with Gasteiger partial charge >= 0.3 is 6.18 Å². The molecule has 7 nitrogen and oxygen atoms in total. The lowest BCUT2D eigenvalue weighted by atomic mass is 10.2. The molecule has 31 heavy (non-hydrogen) atoms. The van der Waals surface area contributed by atoms with Crippen molar-refractivity contribution in [3.05, 3.63) is 45.9 Å². The minimum atomic E-state index is -4.81. The summed E-state index contributed by atoms with van der Waals surface area (Å²) in [4.78, 5) is 12.5. The maximum atomic E-state index is 13.2. The van der Waals surface area contributed by atoms with E-state index in [0.29, 0.717) is 10.4 Å². The first-order valence-corrected chi connectivity index (χ1v) is 10.9. The molecule has 0 atom stereocenters. The number of hydrogen-bond acceptors (Lipinski definition) is 5. The predicted octanol–water partition coefficient (Wildman–Crippen LogP) is 4.43. The van der Waals surface area contributed by atoms with E-state index >= 15 is 0 Å². The number of amides is 1. The van der Waals surface area contributed by atoms with Gasteiger partial charge in [0.2, 0.25) is 15.9 Å². The number of rotatable bonds is 7. The third kappa shape index (κ3) is 6.08. The third-order valence-corrected chi connectivity index (χ3v) is 5.74. The number of methoxy groups -OCH3 is 2. The maximum Gasteiger partial charge on any atom is 0.417 e. The standard InChI is InChI=1S/C18H17Cl2F3N2O5S/c1-29-15-8-14(16(30-2)7-13(15)20)24-17(26)9-25(31(3,27)28)10-4-5-12(19)11(6-10)18(21,22)23/h4-8H,9H2,1-3H3,(H,24,26). The molecule has 0 saturated heterocycles. The zero-order valence-electron chi connectivity index (χ0n) is 16.4. The molecular weight excluding hydrogens is 484 g/mol. The fourth-order valence-electron chi connectivity index (χ4n) is 2.56. The minimum Gasteiger partial charge on any atom is -0.495 e. The largest absolute Gasteiger partial charge is 0.495 e. The van der Waals surface area contributed by atoms with Crippen molar-refractivity contribution in [3.63, 3.8) is 0 Å². The zero-order valence-corrected chi connectivity index (χ0v) is 18.7. The van der Waals surface area contributed by atoms with Gasteiger partial charge in [-0.05, 0) is 18.2 Å². The summed E-state index contributed by atoms with van der Waals surface area (Å²) in [6.45, 7) is -0.814. The second-order valence-corrected chi connectivity index (χ2v) is 8.89. The van der Waals surface area contributed by atoms with Gasteiger partial charge in [-0.2, -0.15) is 13.2 Å². The van der Waals surface area contributed by atoms with Gasteiger partial charge in [0.15, 0.2) is 0 Å². The molecule has 0 unspecified atom stereocenters. The van der Waals surface area contributed by atoms with E-state index in [1.165, 1.54) is 26.4 Å². The first-order valence-electron chi connectivity index (χ1n) is 8.33. The topological polar surface area (TPSA) is 84.9 Å². The van der Waals surface area contributed by atoms with Crippen LogP contribution in [-0.2, 0) is 21.0 Å². The van der Waals surface area contributed by atoms with Crippen molar-refractivity contribution in [3.8, 4) is 11.5 Å². The molecule has 1 N–H and O–H groups in total. The van der Waals surface area contributed by atoms with E-state index in [-0.39, 0.29) is 27.9 Å². The van der Waals surface area contributed by atoms with Gasteiger partial charge in [0.1, 0.15) is 18.0 Å². The van der Waals surface area contributed by atoms with Crippen LogP contribution in [0.25, 0.3) is 0 Å². The highest BCUT2D eigenvalue weighted by Gasteiger charge is 2.34. The number of carbonyl (C=O) groups excluding carboxylic acids is 1. The van der Waals surface area contributed by atoms with Gasteiger partial charge < -0.3 is 14.8 Å². The average Bonchev–Trinajstić information content (AvgIpc) is 2.66. The van der Waals surface area contributed by atoms with Crippen LogP contribution in [0.1, 0.15) is 5.56 Å². The van der Waals surface area contributed by atoms with E-state index in [0.717, 1.165) is 18.4 Å². The van der Waals surface area contributed by atoms with Crippen molar-refractivity contribution < 1.29 is 35.9 Å². The van der Waals surface area contributed by atoms with Crippen LogP contribution in [0, 0.1) is 0 Å². The lowest BCUT2D eigenvalue weighted by molar-refractivity contribution is -0.137. The van der Waals surface area contributed by atoms with Crippen LogP contribution in [0.3, 0.4) is 0 Å². The molecule has 170 valence electrons. The second-order valence-electron chi connectivity index (χ2n) is 6.17. The quantitative estimate of drug-likeness (QED) is 0.607. The van der Waals surface area contributed by atoms with Crippen LogP contribution in [0.2, 0.25) is 10.0 Å². The molecule has 1 amide bonds. The first-order chi connectivity index (χ1) is 14.3. The summed E-state index contributed by atoms with van der Waals surface area (Å²) in [5.74, 6) is -0.474. The van der Waals surface area contributed by atoms with Crippen LogP contribution >= 0.6 is 23.2 Å². The van der Waals surface area contributed by atoms with E-state index in [2.05, 4.69) is 5.32 Å². The average molecular weight is 501 g/mol. The Kier molecular flexibility index (Phi) is 7.56. The number of nitrogens with zero attached hydrogens (tertiary/aromatic N) is 1. The van der Waals surface area contributed by atoms with Crippen LogP contribution in [0.5, 0.6) is 11.5 Å². The number of halogens is 5.